The Balaban J connectivity index is 1.25. The first kappa shape index (κ1) is 21.4. The third kappa shape index (κ3) is 3.17. The van der Waals surface area contributed by atoms with Gasteiger partial charge in [0.05, 0.1) is 16.9 Å². The molecule has 0 bridgehead atoms. The Bertz CT molecular complexity index is 1180. The van der Waals surface area contributed by atoms with Crippen molar-refractivity contribution in [2.75, 3.05) is 24.5 Å². The molecule has 7 heteroatoms. The Morgan fingerprint density at radius 1 is 0.971 bits per heavy atom. The van der Waals surface area contributed by atoms with Gasteiger partial charge in [-0.3, -0.25) is 19.3 Å². The van der Waals surface area contributed by atoms with Crippen molar-refractivity contribution in [2.24, 2.45) is 5.92 Å². The summed E-state index contributed by atoms with van der Waals surface area (Å²) >= 11 is 0. The lowest BCUT2D eigenvalue weighted by atomic mass is 9.71. The van der Waals surface area contributed by atoms with Gasteiger partial charge in [-0.2, -0.15) is 0 Å². The van der Waals surface area contributed by atoms with Gasteiger partial charge in [-0.1, -0.05) is 43.2 Å². The van der Waals surface area contributed by atoms with Crippen LogP contribution in [0.5, 0.6) is 0 Å². The summed E-state index contributed by atoms with van der Waals surface area (Å²) in [6.45, 7) is 1.38. The Morgan fingerprint density at radius 3 is 2.59 bits per heavy atom. The molecule has 3 heterocycles. The summed E-state index contributed by atoms with van der Waals surface area (Å²) in [7, 11) is 0. The Hall–Kier alpha value is -3.19. The van der Waals surface area contributed by atoms with Gasteiger partial charge in [0.25, 0.3) is 11.8 Å². The van der Waals surface area contributed by atoms with Gasteiger partial charge in [0.2, 0.25) is 5.91 Å². The first-order chi connectivity index (χ1) is 16.5. The van der Waals surface area contributed by atoms with Crippen LogP contribution < -0.4 is 4.90 Å². The molecule has 0 spiro atoms. The van der Waals surface area contributed by atoms with Crippen molar-refractivity contribution >= 4 is 23.4 Å². The molecule has 2 aromatic rings. The maximum Gasteiger partial charge on any atom is 0.260 e. The van der Waals surface area contributed by atoms with Crippen LogP contribution in [0, 0.1) is 5.92 Å². The number of carbonyl (C=O) groups is 3. The van der Waals surface area contributed by atoms with Crippen LogP contribution >= 0.6 is 0 Å². The van der Waals surface area contributed by atoms with E-state index < -0.39 is 11.8 Å². The van der Waals surface area contributed by atoms with Crippen LogP contribution in [0.2, 0.25) is 0 Å². The fourth-order valence-corrected chi connectivity index (χ4v) is 6.37. The van der Waals surface area contributed by atoms with E-state index in [9.17, 15) is 19.5 Å². The third-order valence-corrected chi connectivity index (χ3v) is 8.23. The van der Waals surface area contributed by atoms with Gasteiger partial charge in [0, 0.05) is 43.1 Å². The summed E-state index contributed by atoms with van der Waals surface area (Å²) in [6, 6.07) is 14.6. The SMILES string of the molecule is O=C(CCN1C(=O)c2ccccc2N2C(=O)c3ccccc3[C@H]12)N1CC[C@@]2(O)CCCC[C@H]2C1. The highest BCUT2D eigenvalue weighted by molar-refractivity contribution is 6.16. The van der Waals surface area contributed by atoms with E-state index >= 15 is 0 Å². The second kappa shape index (κ2) is 7.94. The zero-order valence-electron chi connectivity index (χ0n) is 19.2. The highest BCUT2D eigenvalue weighted by atomic mass is 16.3. The Labute approximate surface area is 198 Å². The number of piperidine rings is 1. The van der Waals surface area contributed by atoms with Crippen molar-refractivity contribution in [3.63, 3.8) is 0 Å². The molecule has 1 saturated heterocycles. The fourth-order valence-electron chi connectivity index (χ4n) is 6.37. The lowest BCUT2D eigenvalue weighted by Crippen LogP contribution is -2.55. The number of anilines is 1. The number of fused-ring (bicyclic) bond motifs is 6. The van der Waals surface area contributed by atoms with Crippen LogP contribution in [0.4, 0.5) is 5.69 Å². The van der Waals surface area contributed by atoms with Crippen LogP contribution in [0.3, 0.4) is 0 Å². The van der Waals surface area contributed by atoms with Crippen molar-refractivity contribution in [1.29, 1.82) is 0 Å². The molecule has 34 heavy (non-hydrogen) atoms. The topological polar surface area (TPSA) is 81.2 Å². The summed E-state index contributed by atoms with van der Waals surface area (Å²) in [6.07, 6.45) is 4.21. The normalized spacial score (nSPS) is 27.7. The molecule has 3 aliphatic heterocycles. The number of hydrogen-bond acceptors (Lipinski definition) is 4. The first-order valence-corrected chi connectivity index (χ1v) is 12.3. The number of carbonyl (C=O) groups excluding carboxylic acids is 3. The zero-order valence-corrected chi connectivity index (χ0v) is 19.2. The molecule has 176 valence electrons. The zero-order chi connectivity index (χ0) is 23.4. The fraction of sp³-hybridized carbons (Fsp3) is 0.444. The summed E-state index contributed by atoms with van der Waals surface area (Å²) in [5.41, 5.74) is 1.87. The Kier molecular flexibility index (Phi) is 4.99. The first-order valence-electron chi connectivity index (χ1n) is 12.3. The van der Waals surface area contributed by atoms with Crippen LogP contribution in [0.25, 0.3) is 0 Å². The van der Waals surface area contributed by atoms with Crippen molar-refractivity contribution in [3.8, 4) is 0 Å². The summed E-state index contributed by atoms with van der Waals surface area (Å²) in [5.74, 6) is -0.139. The van der Waals surface area contributed by atoms with Crippen molar-refractivity contribution in [3.05, 3.63) is 65.2 Å². The van der Waals surface area contributed by atoms with Gasteiger partial charge >= 0.3 is 0 Å². The highest BCUT2D eigenvalue weighted by Gasteiger charge is 2.48. The number of benzene rings is 2. The van der Waals surface area contributed by atoms with Crippen LogP contribution in [-0.2, 0) is 4.79 Å². The number of amides is 3. The maximum atomic E-state index is 13.5. The second-order valence-corrected chi connectivity index (χ2v) is 10.0. The molecular formula is C27H29N3O4. The lowest BCUT2D eigenvalue weighted by Gasteiger charge is -2.47. The van der Waals surface area contributed by atoms with E-state index in [4.69, 9.17) is 0 Å². The number of para-hydroxylation sites is 1. The lowest BCUT2D eigenvalue weighted by molar-refractivity contribution is -0.143. The largest absolute Gasteiger partial charge is 0.389 e. The van der Waals surface area contributed by atoms with Crippen molar-refractivity contribution in [2.45, 2.75) is 50.3 Å². The molecule has 0 radical (unpaired) electrons. The Morgan fingerprint density at radius 2 is 1.74 bits per heavy atom. The van der Waals surface area contributed by atoms with E-state index in [1.54, 1.807) is 28.0 Å². The summed E-state index contributed by atoms with van der Waals surface area (Å²) < 4.78 is 0. The van der Waals surface area contributed by atoms with Crippen LogP contribution in [0.1, 0.15) is 71.0 Å². The van der Waals surface area contributed by atoms with Gasteiger partial charge in [0.1, 0.15) is 6.17 Å². The average molecular weight is 460 g/mol. The van der Waals surface area contributed by atoms with E-state index in [1.165, 1.54) is 0 Å². The van der Waals surface area contributed by atoms with E-state index in [2.05, 4.69) is 0 Å². The van der Waals surface area contributed by atoms with Crippen LogP contribution in [-0.4, -0.2) is 57.9 Å². The minimum Gasteiger partial charge on any atom is -0.389 e. The van der Waals surface area contributed by atoms with E-state index in [0.29, 0.717) is 36.3 Å². The number of aliphatic hydroxyl groups is 1. The third-order valence-electron chi connectivity index (χ3n) is 8.23. The van der Waals surface area contributed by atoms with Gasteiger partial charge in [-0.15, -0.1) is 0 Å². The van der Waals surface area contributed by atoms with Gasteiger partial charge in [-0.25, -0.2) is 0 Å². The molecule has 6 rings (SSSR count). The predicted molar refractivity (Wildman–Crippen MR) is 126 cm³/mol. The number of nitrogens with zero attached hydrogens (tertiary/aromatic N) is 3. The molecule has 2 aromatic carbocycles. The number of hydrogen-bond donors (Lipinski definition) is 1. The molecule has 1 aliphatic carbocycles. The van der Waals surface area contributed by atoms with Crippen molar-refractivity contribution in [1.82, 2.24) is 9.80 Å². The average Bonchev–Trinajstić information content (AvgIpc) is 3.16. The molecule has 0 unspecified atom stereocenters. The molecule has 1 saturated carbocycles. The van der Waals surface area contributed by atoms with Gasteiger partial charge < -0.3 is 14.9 Å². The van der Waals surface area contributed by atoms with E-state index in [-0.39, 0.29) is 36.6 Å². The smallest absolute Gasteiger partial charge is 0.260 e. The predicted octanol–water partition coefficient (Wildman–Crippen LogP) is 3.35. The van der Waals surface area contributed by atoms with Crippen LogP contribution in [0.15, 0.2) is 48.5 Å². The quantitative estimate of drug-likeness (QED) is 0.763. The number of likely N-dealkylation sites (tertiary alicyclic amines) is 1. The maximum absolute atomic E-state index is 13.5. The molecule has 3 atom stereocenters. The molecular weight excluding hydrogens is 430 g/mol. The molecule has 4 aliphatic rings. The molecule has 0 aromatic heterocycles. The molecule has 7 nitrogen and oxygen atoms in total. The van der Waals surface area contributed by atoms with Crippen molar-refractivity contribution < 1.29 is 19.5 Å². The standard InChI is InChI=1S/C27H29N3O4/c31-23(28-16-14-27(34)13-6-5-7-18(27)17-28)12-15-29-24-19-8-1-2-9-20(19)26(33)30(24)22-11-4-3-10-21(22)25(29)32/h1-4,8-11,18,24,34H,5-7,12-17H2/t18-,24+,27-/m0/s1. The number of rotatable bonds is 3. The summed E-state index contributed by atoms with van der Waals surface area (Å²) in [5, 5.41) is 10.9. The molecule has 2 fully saturated rings. The minimum atomic E-state index is -0.629. The molecule has 3 amide bonds. The minimum absolute atomic E-state index is 0.00319. The highest BCUT2D eigenvalue weighted by Crippen LogP contribution is 2.45. The monoisotopic (exact) mass is 459 g/mol. The van der Waals surface area contributed by atoms with E-state index in [0.717, 1.165) is 31.2 Å². The van der Waals surface area contributed by atoms with Gasteiger partial charge in [-0.05, 0) is 37.5 Å². The summed E-state index contributed by atoms with van der Waals surface area (Å²) in [4.78, 5) is 45.2. The second-order valence-electron chi connectivity index (χ2n) is 10.0. The van der Waals surface area contributed by atoms with E-state index in [1.807, 2.05) is 35.2 Å². The van der Waals surface area contributed by atoms with Gasteiger partial charge in [0.15, 0.2) is 0 Å². The molecule has 1 N–H and O–H groups in total.